The van der Waals surface area contributed by atoms with Gasteiger partial charge in [0.15, 0.2) is 0 Å². The Morgan fingerprint density at radius 2 is 1.84 bits per heavy atom. The molecule has 94 valence electrons. The Morgan fingerprint density at radius 3 is 2.63 bits per heavy atom. The molecule has 0 aliphatic carbocycles. The van der Waals surface area contributed by atoms with Gasteiger partial charge in [0.1, 0.15) is 11.3 Å². The second kappa shape index (κ2) is 4.96. The normalized spacial score (nSPS) is 12.5. The largest absolute Gasteiger partial charge is 0.384 e. The molecule has 0 bridgehead atoms. The summed E-state index contributed by atoms with van der Waals surface area (Å²) in [7, 11) is 0. The van der Waals surface area contributed by atoms with Gasteiger partial charge < -0.3 is 5.11 Å². The molecule has 3 aromatic rings. The van der Waals surface area contributed by atoms with Crippen molar-refractivity contribution in [1.82, 2.24) is 9.97 Å². The van der Waals surface area contributed by atoms with Crippen LogP contribution in [0.2, 0.25) is 5.15 Å². The van der Waals surface area contributed by atoms with Crippen molar-refractivity contribution in [2.45, 2.75) is 6.10 Å². The molecule has 1 N–H and O–H groups in total. The molecular formula is C15H11ClN2O. The van der Waals surface area contributed by atoms with Crippen LogP contribution in [0.5, 0.6) is 0 Å². The minimum absolute atomic E-state index is 0.413. The fourth-order valence-corrected chi connectivity index (χ4v) is 2.11. The van der Waals surface area contributed by atoms with Crippen LogP contribution >= 0.6 is 11.6 Å². The zero-order chi connectivity index (χ0) is 13.2. The van der Waals surface area contributed by atoms with Crippen LogP contribution in [0.1, 0.15) is 17.2 Å². The molecule has 0 radical (unpaired) electrons. The Balaban J connectivity index is 2.01. The van der Waals surface area contributed by atoms with Crippen molar-refractivity contribution >= 4 is 22.5 Å². The number of halogens is 1. The van der Waals surface area contributed by atoms with E-state index in [9.17, 15) is 5.11 Å². The summed E-state index contributed by atoms with van der Waals surface area (Å²) in [6.45, 7) is 0. The summed E-state index contributed by atoms with van der Waals surface area (Å²) in [5, 5.41) is 11.8. The standard InChI is InChI=1S/C15H11ClN2O/c16-14-6-5-12(9-18-14)15(19)11-4-3-10-2-1-7-17-13(10)8-11/h1-9,15,19H. The highest BCUT2D eigenvalue weighted by Gasteiger charge is 2.11. The molecule has 2 aromatic heterocycles. The first-order valence-corrected chi connectivity index (χ1v) is 6.26. The van der Waals surface area contributed by atoms with Gasteiger partial charge >= 0.3 is 0 Å². The van der Waals surface area contributed by atoms with Gasteiger partial charge in [0, 0.05) is 23.3 Å². The maximum absolute atomic E-state index is 10.3. The Bertz CT molecular complexity index is 713. The van der Waals surface area contributed by atoms with Gasteiger partial charge in [0.25, 0.3) is 0 Å². The molecule has 0 saturated heterocycles. The van der Waals surface area contributed by atoms with Crippen LogP contribution in [0.4, 0.5) is 0 Å². The number of pyridine rings is 2. The number of aromatic nitrogens is 2. The van der Waals surface area contributed by atoms with Gasteiger partial charge in [0.2, 0.25) is 0 Å². The van der Waals surface area contributed by atoms with Gasteiger partial charge in [-0.1, -0.05) is 35.9 Å². The zero-order valence-electron chi connectivity index (χ0n) is 9.99. The van der Waals surface area contributed by atoms with E-state index in [0.29, 0.717) is 10.7 Å². The summed E-state index contributed by atoms with van der Waals surface area (Å²) < 4.78 is 0. The molecule has 4 heteroatoms. The lowest BCUT2D eigenvalue weighted by atomic mass is 10.0. The molecule has 0 saturated carbocycles. The number of aliphatic hydroxyl groups is 1. The lowest BCUT2D eigenvalue weighted by Gasteiger charge is -2.11. The first kappa shape index (κ1) is 12.1. The van der Waals surface area contributed by atoms with Crippen LogP contribution in [-0.4, -0.2) is 15.1 Å². The molecule has 2 heterocycles. The molecule has 1 atom stereocenters. The van der Waals surface area contributed by atoms with Crippen molar-refractivity contribution in [2.75, 3.05) is 0 Å². The highest BCUT2D eigenvalue weighted by Crippen LogP contribution is 2.24. The summed E-state index contributed by atoms with van der Waals surface area (Å²) in [4.78, 5) is 8.26. The number of rotatable bonds is 2. The van der Waals surface area contributed by atoms with E-state index in [1.165, 1.54) is 0 Å². The third-order valence-corrected chi connectivity index (χ3v) is 3.24. The van der Waals surface area contributed by atoms with E-state index < -0.39 is 6.10 Å². The lowest BCUT2D eigenvalue weighted by Crippen LogP contribution is -2.00. The van der Waals surface area contributed by atoms with Gasteiger partial charge in [-0.25, -0.2) is 4.98 Å². The SMILES string of the molecule is OC(c1ccc(Cl)nc1)c1ccc2cccnc2c1. The van der Waals surface area contributed by atoms with Gasteiger partial charge in [-0.3, -0.25) is 4.98 Å². The minimum atomic E-state index is -0.726. The smallest absolute Gasteiger partial charge is 0.129 e. The Morgan fingerprint density at radius 1 is 1.00 bits per heavy atom. The minimum Gasteiger partial charge on any atom is -0.384 e. The number of hydrogen-bond acceptors (Lipinski definition) is 3. The number of benzene rings is 1. The van der Waals surface area contributed by atoms with E-state index in [0.717, 1.165) is 16.5 Å². The molecule has 1 aromatic carbocycles. The lowest BCUT2D eigenvalue weighted by molar-refractivity contribution is 0.220. The van der Waals surface area contributed by atoms with Crippen molar-refractivity contribution < 1.29 is 5.11 Å². The molecule has 0 aliphatic heterocycles. The van der Waals surface area contributed by atoms with Crippen molar-refractivity contribution in [3.8, 4) is 0 Å². The van der Waals surface area contributed by atoms with E-state index in [-0.39, 0.29) is 0 Å². The number of hydrogen-bond donors (Lipinski definition) is 1. The molecule has 19 heavy (non-hydrogen) atoms. The summed E-state index contributed by atoms with van der Waals surface area (Å²) in [6, 6.07) is 13.0. The molecule has 3 nitrogen and oxygen atoms in total. The van der Waals surface area contributed by atoms with E-state index in [1.54, 1.807) is 24.5 Å². The first-order chi connectivity index (χ1) is 9.24. The Kier molecular flexibility index (Phi) is 3.15. The predicted molar refractivity (Wildman–Crippen MR) is 75.1 cm³/mol. The predicted octanol–water partition coefficient (Wildman–Crippen LogP) is 3.36. The van der Waals surface area contributed by atoms with Crippen molar-refractivity contribution in [2.24, 2.45) is 0 Å². The van der Waals surface area contributed by atoms with Crippen LogP contribution in [0, 0.1) is 0 Å². The second-order valence-electron chi connectivity index (χ2n) is 4.27. The molecule has 0 amide bonds. The summed E-state index contributed by atoms with van der Waals surface area (Å²) in [6.07, 6.45) is 2.59. The number of fused-ring (bicyclic) bond motifs is 1. The quantitative estimate of drug-likeness (QED) is 0.726. The summed E-state index contributed by atoms with van der Waals surface area (Å²) >= 11 is 5.74. The summed E-state index contributed by atoms with van der Waals surface area (Å²) in [5.74, 6) is 0. The van der Waals surface area contributed by atoms with Gasteiger partial charge in [-0.05, 0) is 23.8 Å². The van der Waals surface area contributed by atoms with Crippen LogP contribution < -0.4 is 0 Å². The van der Waals surface area contributed by atoms with E-state index in [4.69, 9.17) is 11.6 Å². The van der Waals surface area contributed by atoms with E-state index >= 15 is 0 Å². The molecule has 3 rings (SSSR count). The fraction of sp³-hybridized carbons (Fsp3) is 0.0667. The maximum Gasteiger partial charge on any atom is 0.129 e. The van der Waals surface area contributed by atoms with Crippen molar-refractivity contribution in [3.05, 3.63) is 71.1 Å². The van der Waals surface area contributed by atoms with Crippen LogP contribution in [0.25, 0.3) is 10.9 Å². The van der Waals surface area contributed by atoms with Crippen LogP contribution in [0.15, 0.2) is 54.9 Å². The highest BCUT2D eigenvalue weighted by atomic mass is 35.5. The van der Waals surface area contributed by atoms with E-state index in [2.05, 4.69) is 9.97 Å². The monoisotopic (exact) mass is 270 g/mol. The molecule has 0 aliphatic rings. The van der Waals surface area contributed by atoms with Crippen molar-refractivity contribution in [1.29, 1.82) is 0 Å². The fourth-order valence-electron chi connectivity index (χ4n) is 2.00. The number of aliphatic hydroxyl groups excluding tert-OH is 1. The van der Waals surface area contributed by atoms with Crippen LogP contribution in [0.3, 0.4) is 0 Å². The average molecular weight is 271 g/mol. The van der Waals surface area contributed by atoms with Gasteiger partial charge in [0.05, 0.1) is 5.52 Å². The third-order valence-electron chi connectivity index (χ3n) is 3.01. The molecular weight excluding hydrogens is 260 g/mol. The van der Waals surface area contributed by atoms with Crippen molar-refractivity contribution in [3.63, 3.8) is 0 Å². The number of nitrogens with zero attached hydrogens (tertiary/aromatic N) is 2. The molecule has 0 spiro atoms. The van der Waals surface area contributed by atoms with Gasteiger partial charge in [-0.2, -0.15) is 0 Å². The first-order valence-electron chi connectivity index (χ1n) is 5.88. The zero-order valence-corrected chi connectivity index (χ0v) is 10.7. The average Bonchev–Trinajstić information content (AvgIpc) is 2.47. The topological polar surface area (TPSA) is 46.0 Å². The van der Waals surface area contributed by atoms with Crippen LogP contribution in [-0.2, 0) is 0 Å². The van der Waals surface area contributed by atoms with E-state index in [1.807, 2.05) is 30.3 Å². The third kappa shape index (κ3) is 2.43. The molecule has 0 fully saturated rings. The second-order valence-corrected chi connectivity index (χ2v) is 4.66. The summed E-state index contributed by atoms with van der Waals surface area (Å²) in [5.41, 5.74) is 2.36. The maximum atomic E-state index is 10.3. The highest BCUT2D eigenvalue weighted by molar-refractivity contribution is 6.29. The van der Waals surface area contributed by atoms with Gasteiger partial charge in [-0.15, -0.1) is 0 Å². The Hall–Kier alpha value is -1.97. The molecule has 1 unspecified atom stereocenters. The Labute approximate surface area is 115 Å².